The number of carboxylic acid groups (broad SMARTS) is 1. The number of rotatable bonds is 5. The lowest BCUT2D eigenvalue weighted by molar-refractivity contribution is 0.0692. The fourth-order valence-corrected chi connectivity index (χ4v) is 3.38. The van der Waals surface area contributed by atoms with E-state index in [1.807, 2.05) is 42.6 Å². The quantitative estimate of drug-likeness (QED) is 0.510. The van der Waals surface area contributed by atoms with Crippen LogP contribution in [0.2, 0.25) is 0 Å². The second-order valence-corrected chi connectivity index (χ2v) is 6.91. The number of carbonyl (C=O) groups is 1. The van der Waals surface area contributed by atoms with E-state index in [1.165, 1.54) is 0 Å². The van der Waals surface area contributed by atoms with Crippen LogP contribution in [0.1, 0.15) is 10.5 Å². The molecule has 0 saturated heterocycles. The van der Waals surface area contributed by atoms with Gasteiger partial charge in [0.1, 0.15) is 0 Å². The van der Waals surface area contributed by atoms with Crippen LogP contribution in [0.5, 0.6) is 0 Å². The average molecular weight is 427 g/mol. The van der Waals surface area contributed by atoms with E-state index in [2.05, 4.69) is 26.1 Å². The fourth-order valence-electron chi connectivity index (χ4n) is 3.00. The summed E-state index contributed by atoms with van der Waals surface area (Å²) in [5, 5.41) is 27.7. The van der Waals surface area contributed by atoms with Crippen molar-refractivity contribution in [2.45, 2.75) is 6.54 Å². The van der Waals surface area contributed by atoms with Crippen molar-refractivity contribution in [3.63, 3.8) is 0 Å². The van der Waals surface area contributed by atoms with Gasteiger partial charge in [-0.15, -0.1) is 0 Å². The summed E-state index contributed by atoms with van der Waals surface area (Å²) in [6.45, 7) is 0.409. The molecule has 0 fully saturated rings. The Morgan fingerprint density at radius 3 is 2.74 bits per heavy atom. The lowest BCUT2D eigenvalue weighted by Gasteiger charge is -2.04. The normalized spacial score (nSPS) is 11.2. The number of aromatic carboxylic acids is 1. The third-order valence-corrected chi connectivity index (χ3v) is 4.72. The van der Waals surface area contributed by atoms with E-state index in [0.717, 1.165) is 21.3 Å². The van der Waals surface area contributed by atoms with Gasteiger partial charge >= 0.3 is 5.97 Å². The maximum absolute atomic E-state index is 11.7. The molecule has 4 rings (SSSR count). The summed E-state index contributed by atoms with van der Waals surface area (Å²) in [6, 6.07) is 13.1. The van der Waals surface area contributed by atoms with Crippen molar-refractivity contribution in [1.82, 2.24) is 19.6 Å². The molecule has 0 unspecified atom stereocenters. The van der Waals surface area contributed by atoms with Gasteiger partial charge in [0.25, 0.3) is 0 Å². The molecule has 0 aliphatic heterocycles. The molecule has 0 aliphatic carbocycles. The number of aliphatic hydroxyl groups excluding tert-OH is 1. The van der Waals surface area contributed by atoms with Crippen LogP contribution in [0.4, 0.5) is 0 Å². The molecule has 0 atom stereocenters. The van der Waals surface area contributed by atoms with Gasteiger partial charge in [-0.2, -0.15) is 10.2 Å². The fraction of sp³-hybridized carbons (Fsp3) is 0.105. The molecule has 0 spiro atoms. The Labute approximate surface area is 162 Å². The molecule has 4 aromatic rings. The lowest BCUT2D eigenvalue weighted by atomic mass is 10.1. The number of halogens is 1. The Bertz CT molecular complexity index is 1150. The summed E-state index contributed by atoms with van der Waals surface area (Å²) in [7, 11) is 0. The molecular formula is C19H15BrN4O3. The van der Waals surface area contributed by atoms with Crippen LogP contribution in [0.3, 0.4) is 0 Å². The second kappa shape index (κ2) is 6.98. The van der Waals surface area contributed by atoms with Crippen LogP contribution in [0.15, 0.2) is 59.3 Å². The van der Waals surface area contributed by atoms with Crippen molar-refractivity contribution in [3.8, 4) is 16.8 Å². The van der Waals surface area contributed by atoms with E-state index in [1.54, 1.807) is 21.6 Å². The van der Waals surface area contributed by atoms with Crippen molar-refractivity contribution >= 4 is 32.8 Å². The molecule has 7 nitrogen and oxygen atoms in total. The number of hydrogen-bond acceptors (Lipinski definition) is 4. The summed E-state index contributed by atoms with van der Waals surface area (Å²) in [4.78, 5) is 11.7. The van der Waals surface area contributed by atoms with E-state index >= 15 is 0 Å². The van der Waals surface area contributed by atoms with Gasteiger partial charge < -0.3 is 10.2 Å². The van der Waals surface area contributed by atoms with E-state index in [9.17, 15) is 9.90 Å². The number of carboxylic acids is 1. The Kier molecular flexibility index (Phi) is 4.51. The molecule has 0 radical (unpaired) electrons. The van der Waals surface area contributed by atoms with E-state index in [4.69, 9.17) is 5.11 Å². The minimum absolute atomic E-state index is 0.00270. The van der Waals surface area contributed by atoms with Gasteiger partial charge in [-0.05, 0) is 35.9 Å². The van der Waals surface area contributed by atoms with Crippen LogP contribution in [0.25, 0.3) is 27.7 Å². The van der Waals surface area contributed by atoms with Gasteiger partial charge in [-0.25, -0.2) is 9.48 Å². The first kappa shape index (κ1) is 17.4. The van der Waals surface area contributed by atoms with Crippen molar-refractivity contribution in [2.24, 2.45) is 0 Å². The van der Waals surface area contributed by atoms with E-state index in [-0.39, 0.29) is 12.3 Å². The summed E-state index contributed by atoms with van der Waals surface area (Å²) >= 11 is 3.43. The number of aliphatic hydroxyl groups is 1. The number of benzene rings is 2. The molecular weight excluding hydrogens is 412 g/mol. The first-order valence-electron chi connectivity index (χ1n) is 8.22. The van der Waals surface area contributed by atoms with Crippen molar-refractivity contribution in [3.05, 3.63) is 65.0 Å². The minimum Gasteiger partial charge on any atom is -0.476 e. The summed E-state index contributed by atoms with van der Waals surface area (Å²) in [5.41, 5.74) is 3.15. The molecule has 2 heterocycles. The highest BCUT2D eigenvalue weighted by Gasteiger charge is 2.18. The van der Waals surface area contributed by atoms with Gasteiger partial charge in [0.05, 0.1) is 30.6 Å². The van der Waals surface area contributed by atoms with Gasteiger partial charge in [-0.1, -0.05) is 28.1 Å². The maximum Gasteiger partial charge on any atom is 0.357 e. The van der Waals surface area contributed by atoms with Gasteiger partial charge in [0.15, 0.2) is 5.69 Å². The summed E-state index contributed by atoms with van der Waals surface area (Å²) < 4.78 is 4.15. The number of nitrogens with zero attached hydrogens (tertiary/aromatic N) is 4. The van der Waals surface area contributed by atoms with Crippen molar-refractivity contribution in [1.29, 1.82) is 0 Å². The molecule has 2 N–H and O–H groups in total. The summed E-state index contributed by atoms with van der Waals surface area (Å²) in [6.07, 6.45) is 3.51. The number of hydrogen-bond donors (Lipinski definition) is 2. The third-order valence-electron chi connectivity index (χ3n) is 4.23. The first-order chi connectivity index (χ1) is 13.1. The first-order valence-corrected chi connectivity index (χ1v) is 9.02. The molecule has 0 amide bonds. The molecule has 2 aromatic carbocycles. The maximum atomic E-state index is 11.7. The molecule has 0 bridgehead atoms. The van der Waals surface area contributed by atoms with Crippen LogP contribution in [-0.2, 0) is 6.54 Å². The highest BCUT2D eigenvalue weighted by molar-refractivity contribution is 9.10. The predicted molar refractivity (Wildman–Crippen MR) is 104 cm³/mol. The molecule has 0 saturated carbocycles. The predicted octanol–water partition coefficient (Wildman–Crippen LogP) is 3.34. The lowest BCUT2D eigenvalue weighted by Crippen LogP contribution is -2.01. The third kappa shape index (κ3) is 3.24. The number of fused-ring (bicyclic) bond motifs is 1. The SMILES string of the molecule is O=C(O)c1nn(-c2cccc(Br)c2)c2ccc(-c3cnn(CCO)c3)cc12. The van der Waals surface area contributed by atoms with Crippen LogP contribution >= 0.6 is 15.9 Å². The summed E-state index contributed by atoms with van der Waals surface area (Å²) in [5.74, 6) is -1.08. The van der Waals surface area contributed by atoms with Crippen molar-refractivity contribution < 1.29 is 15.0 Å². The average Bonchev–Trinajstić information content (AvgIpc) is 3.26. The second-order valence-electron chi connectivity index (χ2n) is 5.99. The zero-order chi connectivity index (χ0) is 19.0. The van der Waals surface area contributed by atoms with Crippen LogP contribution < -0.4 is 0 Å². The van der Waals surface area contributed by atoms with Gasteiger partial charge in [0, 0.05) is 21.6 Å². The standard InChI is InChI=1S/C19H15BrN4O3/c20-14-2-1-3-15(9-14)24-17-5-4-12(8-16(17)18(22-24)19(26)27)13-10-21-23(11-13)6-7-25/h1-5,8-11,25H,6-7H2,(H,26,27). The molecule has 0 aliphatic rings. The Hall–Kier alpha value is -2.97. The topological polar surface area (TPSA) is 93.2 Å². The van der Waals surface area contributed by atoms with E-state index in [0.29, 0.717) is 17.4 Å². The Morgan fingerprint density at radius 1 is 1.15 bits per heavy atom. The highest BCUT2D eigenvalue weighted by atomic mass is 79.9. The van der Waals surface area contributed by atoms with Gasteiger partial charge in [0.2, 0.25) is 0 Å². The number of aromatic nitrogens is 4. The monoisotopic (exact) mass is 426 g/mol. The molecule has 27 heavy (non-hydrogen) atoms. The van der Waals surface area contributed by atoms with E-state index < -0.39 is 5.97 Å². The molecule has 136 valence electrons. The molecule has 2 aromatic heterocycles. The zero-order valence-corrected chi connectivity index (χ0v) is 15.7. The van der Waals surface area contributed by atoms with Crippen molar-refractivity contribution in [2.75, 3.05) is 6.61 Å². The highest BCUT2D eigenvalue weighted by Crippen LogP contribution is 2.29. The smallest absolute Gasteiger partial charge is 0.357 e. The largest absolute Gasteiger partial charge is 0.476 e. The molecule has 8 heteroatoms. The van der Waals surface area contributed by atoms with Gasteiger partial charge in [-0.3, -0.25) is 4.68 Å². The zero-order valence-electron chi connectivity index (χ0n) is 14.1. The van der Waals surface area contributed by atoms with Crippen LogP contribution in [-0.4, -0.2) is 42.4 Å². The Balaban J connectivity index is 1.87. The van der Waals surface area contributed by atoms with Crippen LogP contribution in [0, 0.1) is 0 Å². The minimum atomic E-state index is -1.08. The Morgan fingerprint density at radius 2 is 2.00 bits per heavy atom.